The Bertz CT molecular complexity index is 744. The van der Waals surface area contributed by atoms with Crippen molar-refractivity contribution in [2.45, 2.75) is 51.1 Å². The molecule has 118 valence electrons. The first-order valence-corrected chi connectivity index (χ1v) is 8.42. The van der Waals surface area contributed by atoms with E-state index in [2.05, 4.69) is 30.7 Å². The molecule has 0 amide bonds. The molecule has 2 aliphatic heterocycles. The van der Waals surface area contributed by atoms with E-state index in [0.717, 1.165) is 49.8 Å². The maximum atomic E-state index is 9.38. The zero-order valence-electron chi connectivity index (χ0n) is 13.1. The van der Waals surface area contributed by atoms with Crippen LogP contribution in [0.15, 0.2) is 18.3 Å². The van der Waals surface area contributed by atoms with Gasteiger partial charge in [-0.3, -0.25) is 0 Å². The van der Waals surface area contributed by atoms with Gasteiger partial charge in [0.1, 0.15) is 17.7 Å². The Morgan fingerprint density at radius 3 is 3.00 bits per heavy atom. The summed E-state index contributed by atoms with van der Waals surface area (Å²) in [7, 11) is 0. The summed E-state index contributed by atoms with van der Waals surface area (Å²) >= 11 is 0. The first-order valence-electron chi connectivity index (χ1n) is 8.42. The lowest BCUT2D eigenvalue weighted by atomic mass is 10.2. The van der Waals surface area contributed by atoms with Gasteiger partial charge in [0, 0.05) is 25.7 Å². The first-order chi connectivity index (χ1) is 11.4. The summed E-state index contributed by atoms with van der Waals surface area (Å²) < 4.78 is 2.31. The van der Waals surface area contributed by atoms with Gasteiger partial charge in [-0.2, -0.15) is 5.26 Å². The second kappa shape index (κ2) is 5.99. The van der Waals surface area contributed by atoms with E-state index in [0.29, 0.717) is 5.56 Å². The fourth-order valence-corrected chi connectivity index (χ4v) is 3.76. The van der Waals surface area contributed by atoms with Crippen molar-refractivity contribution in [3.8, 4) is 6.07 Å². The SMILES string of the molecule is N#Cc1cccnc1N1CCC[C@H]1c1nnc2n1CCCCC2. The second-order valence-corrected chi connectivity index (χ2v) is 6.27. The average Bonchev–Trinajstić information content (AvgIpc) is 3.15. The molecule has 0 bridgehead atoms. The van der Waals surface area contributed by atoms with Gasteiger partial charge in [0.15, 0.2) is 5.82 Å². The molecule has 0 radical (unpaired) electrons. The molecular formula is C17H20N6. The molecule has 0 aliphatic carbocycles. The van der Waals surface area contributed by atoms with Crippen LogP contribution in [0.3, 0.4) is 0 Å². The molecule has 1 atom stereocenters. The van der Waals surface area contributed by atoms with E-state index in [4.69, 9.17) is 0 Å². The monoisotopic (exact) mass is 308 g/mol. The van der Waals surface area contributed by atoms with Gasteiger partial charge in [-0.25, -0.2) is 4.98 Å². The number of fused-ring (bicyclic) bond motifs is 1. The normalized spacial score (nSPS) is 20.8. The zero-order chi connectivity index (χ0) is 15.6. The van der Waals surface area contributed by atoms with E-state index in [9.17, 15) is 5.26 Å². The van der Waals surface area contributed by atoms with E-state index in [-0.39, 0.29) is 6.04 Å². The highest BCUT2D eigenvalue weighted by Crippen LogP contribution is 2.36. The predicted octanol–water partition coefficient (Wildman–Crippen LogP) is 2.61. The van der Waals surface area contributed by atoms with Gasteiger partial charge in [-0.05, 0) is 37.8 Å². The summed E-state index contributed by atoms with van der Waals surface area (Å²) in [5.41, 5.74) is 0.634. The lowest BCUT2D eigenvalue weighted by molar-refractivity contribution is 0.558. The van der Waals surface area contributed by atoms with Crippen molar-refractivity contribution in [1.29, 1.82) is 5.26 Å². The fraction of sp³-hybridized carbons (Fsp3) is 0.529. The smallest absolute Gasteiger partial charge is 0.155 e. The highest BCUT2D eigenvalue weighted by atomic mass is 15.3. The minimum Gasteiger partial charge on any atom is -0.345 e. The Balaban J connectivity index is 1.72. The number of hydrogen-bond donors (Lipinski definition) is 0. The Kier molecular flexibility index (Phi) is 3.70. The third-order valence-electron chi connectivity index (χ3n) is 4.87. The minimum absolute atomic E-state index is 0.177. The Morgan fingerprint density at radius 1 is 1.13 bits per heavy atom. The van der Waals surface area contributed by atoms with Crippen LogP contribution in [-0.4, -0.2) is 26.3 Å². The topological polar surface area (TPSA) is 70.6 Å². The number of nitriles is 1. The van der Waals surface area contributed by atoms with Crippen molar-refractivity contribution in [2.75, 3.05) is 11.4 Å². The van der Waals surface area contributed by atoms with Crippen LogP contribution < -0.4 is 4.90 Å². The molecule has 23 heavy (non-hydrogen) atoms. The molecule has 1 saturated heterocycles. The van der Waals surface area contributed by atoms with E-state index in [1.807, 2.05) is 12.1 Å². The summed E-state index contributed by atoms with van der Waals surface area (Å²) in [6.45, 7) is 1.92. The van der Waals surface area contributed by atoms with Crippen LogP contribution in [-0.2, 0) is 13.0 Å². The van der Waals surface area contributed by atoms with E-state index in [1.165, 1.54) is 19.3 Å². The molecule has 6 heteroatoms. The van der Waals surface area contributed by atoms with Crippen molar-refractivity contribution >= 4 is 5.82 Å². The summed E-state index contributed by atoms with van der Waals surface area (Å²) in [6, 6.07) is 6.09. The van der Waals surface area contributed by atoms with E-state index in [1.54, 1.807) is 6.20 Å². The van der Waals surface area contributed by atoms with Gasteiger partial charge >= 0.3 is 0 Å². The van der Waals surface area contributed by atoms with Crippen molar-refractivity contribution in [1.82, 2.24) is 19.7 Å². The molecular weight excluding hydrogens is 288 g/mol. The van der Waals surface area contributed by atoms with E-state index >= 15 is 0 Å². The second-order valence-electron chi connectivity index (χ2n) is 6.27. The summed E-state index contributed by atoms with van der Waals surface area (Å²) in [5.74, 6) is 2.95. The molecule has 4 heterocycles. The van der Waals surface area contributed by atoms with Crippen molar-refractivity contribution in [3.05, 3.63) is 35.5 Å². The summed E-state index contributed by atoms with van der Waals surface area (Å²) in [5, 5.41) is 18.3. The van der Waals surface area contributed by atoms with Gasteiger partial charge in [0.25, 0.3) is 0 Å². The molecule has 0 saturated carbocycles. The number of nitrogens with zero attached hydrogens (tertiary/aromatic N) is 6. The maximum Gasteiger partial charge on any atom is 0.155 e. The summed E-state index contributed by atoms with van der Waals surface area (Å²) in [4.78, 5) is 6.71. The third-order valence-corrected chi connectivity index (χ3v) is 4.87. The zero-order valence-corrected chi connectivity index (χ0v) is 13.1. The van der Waals surface area contributed by atoms with Gasteiger partial charge in [-0.1, -0.05) is 6.42 Å². The molecule has 4 rings (SSSR count). The van der Waals surface area contributed by atoms with Gasteiger partial charge in [0.05, 0.1) is 11.6 Å². The highest BCUT2D eigenvalue weighted by molar-refractivity contribution is 5.55. The number of rotatable bonds is 2. The Labute approximate surface area is 135 Å². The molecule has 0 aromatic carbocycles. The first kappa shape index (κ1) is 14.2. The van der Waals surface area contributed by atoms with Crippen LogP contribution in [0.4, 0.5) is 5.82 Å². The molecule has 2 aromatic rings. The molecule has 0 unspecified atom stereocenters. The number of aryl methyl sites for hydroxylation is 1. The van der Waals surface area contributed by atoms with E-state index < -0.39 is 0 Å². The Hall–Kier alpha value is -2.42. The highest BCUT2D eigenvalue weighted by Gasteiger charge is 2.33. The molecule has 0 N–H and O–H groups in total. The molecule has 1 fully saturated rings. The molecule has 6 nitrogen and oxygen atoms in total. The van der Waals surface area contributed by atoms with Gasteiger partial charge in [-0.15, -0.1) is 10.2 Å². The number of pyridine rings is 1. The van der Waals surface area contributed by atoms with Crippen LogP contribution >= 0.6 is 0 Å². The standard InChI is InChI=1S/C17H20N6/c18-12-13-6-4-9-19-16(13)22-11-5-7-14(22)17-21-20-15-8-2-1-3-10-23(15)17/h4,6,9,14H,1-3,5,7-8,10-11H2/t14-/m0/s1. The fourth-order valence-electron chi connectivity index (χ4n) is 3.76. The molecule has 2 aliphatic rings. The van der Waals surface area contributed by atoms with Crippen LogP contribution in [0.1, 0.15) is 55.4 Å². The van der Waals surface area contributed by atoms with Crippen LogP contribution in [0.5, 0.6) is 0 Å². The molecule has 0 spiro atoms. The van der Waals surface area contributed by atoms with Crippen molar-refractivity contribution in [2.24, 2.45) is 0 Å². The lowest BCUT2D eigenvalue weighted by Crippen LogP contribution is -2.27. The van der Waals surface area contributed by atoms with Gasteiger partial charge in [0.2, 0.25) is 0 Å². The van der Waals surface area contributed by atoms with Gasteiger partial charge < -0.3 is 9.47 Å². The summed E-state index contributed by atoms with van der Waals surface area (Å²) in [6.07, 6.45) is 8.57. The number of aromatic nitrogens is 4. The molecule has 2 aromatic heterocycles. The van der Waals surface area contributed by atoms with Crippen molar-refractivity contribution < 1.29 is 0 Å². The van der Waals surface area contributed by atoms with Crippen LogP contribution in [0, 0.1) is 11.3 Å². The largest absolute Gasteiger partial charge is 0.345 e. The quantitative estimate of drug-likeness (QED) is 0.853. The van der Waals surface area contributed by atoms with Crippen LogP contribution in [0.2, 0.25) is 0 Å². The number of anilines is 1. The third kappa shape index (κ3) is 2.46. The minimum atomic E-state index is 0.177. The average molecular weight is 308 g/mol. The maximum absolute atomic E-state index is 9.38. The lowest BCUT2D eigenvalue weighted by Gasteiger charge is -2.26. The Morgan fingerprint density at radius 2 is 2.09 bits per heavy atom. The predicted molar refractivity (Wildman–Crippen MR) is 85.9 cm³/mol. The number of hydrogen-bond acceptors (Lipinski definition) is 5. The van der Waals surface area contributed by atoms with Crippen LogP contribution in [0.25, 0.3) is 0 Å². The van der Waals surface area contributed by atoms with Crippen molar-refractivity contribution in [3.63, 3.8) is 0 Å².